The number of benzene rings is 1. The number of aryl methyl sites for hydroxylation is 1. The number of nitrogens with zero attached hydrogens (tertiary/aromatic N) is 2. The van der Waals surface area contributed by atoms with E-state index in [1.165, 1.54) is 5.69 Å². The van der Waals surface area contributed by atoms with Gasteiger partial charge < -0.3 is 5.32 Å². The molecule has 0 saturated carbocycles. The van der Waals surface area contributed by atoms with Crippen molar-refractivity contribution in [2.45, 2.75) is 20.0 Å². The highest BCUT2D eigenvalue weighted by molar-refractivity contribution is 5.50. The Kier molecular flexibility index (Phi) is 3.46. The average Bonchev–Trinajstić information content (AvgIpc) is 2.84. The predicted octanol–water partition coefficient (Wildman–Crippen LogP) is 2.50. The number of rotatable bonds is 4. The molecule has 0 bridgehead atoms. The van der Waals surface area contributed by atoms with Crippen LogP contribution in [0, 0.1) is 12.3 Å². The van der Waals surface area contributed by atoms with Crippen molar-refractivity contribution in [2.75, 3.05) is 5.32 Å². The molecule has 0 aliphatic rings. The molecule has 1 aromatic carbocycles. The number of hydrogen-bond acceptors (Lipinski definition) is 2. The second-order valence-corrected chi connectivity index (χ2v) is 3.72. The molecule has 17 heavy (non-hydrogen) atoms. The fraction of sp³-hybridized carbons (Fsp3) is 0.214. The summed E-state index contributed by atoms with van der Waals surface area (Å²) >= 11 is 0. The summed E-state index contributed by atoms with van der Waals surface area (Å²) in [5.41, 5.74) is 3.09. The van der Waals surface area contributed by atoms with Gasteiger partial charge in [0.05, 0.1) is 12.2 Å². The highest BCUT2D eigenvalue weighted by Gasteiger charge is 2.00. The molecule has 0 amide bonds. The molecular formula is C14H15N3. The van der Waals surface area contributed by atoms with Gasteiger partial charge in [-0.1, -0.05) is 12.0 Å². The van der Waals surface area contributed by atoms with Crippen LogP contribution in [0.25, 0.3) is 0 Å². The lowest BCUT2D eigenvalue weighted by atomic mass is 10.2. The lowest BCUT2D eigenvalue weighted by molar-refractivity contribution is 0.627. The molecule has 2 aromatic rings. The van der Waals surface area contributed by atoms with E-state index < -0.39 is 0 Å². The van der Waals surface area contributed by atoms with Gasteiger partial charge in [-0.05, 0) is 31.2 Å². The predicted molar refractivity (Wildman–Crippen MR) is 69.6 cm³/mol. The van der Waals surface area contributed by atoms with Crippen molar-refractivity contribution >= 4 is 5.69 Å². The van der Waals surface area contributed by atoms with Crippen molar-refractivity contribution in [1.29, 1.82) is 0 Å². The van der Waals surface area contributed by atoms with Crippen molar-refractivity contribution in [1.82, 2.24) is 9.78 Å². The molecule has 3 heteroatoms. The summed E-state index contributed by atoms with van der Waals surface area (Å²) in [6.07, 6.45) is 7.18. The van der Waals surface area contributed by atoms with Gasteiger partial charge in [-0.2, -0.15) is 5.10 Å². The van der Waals surface area contributed by atoms with E-state index in [9.17, 15) is 0 Å². The van der Waals surface area contributed by atoms with Gasteiger partial charge in [0.15, 0.2) is 0 Å². The van der Waals surface area contributed by atoms with Crippen LogP contribution in [0.4, 0.5) is 5.69 Å². The number of aromatic nitrogens is 2. The molecule has 1 N–H and O–H groups in total. The molecule has 0 spiro atoms. The number of terminal acetylenes is 1. The van der Waals surface area contributed by atoms with Crippen LogP contribution in [0.3, 0.4) is 0 Å². The lowest BCUT2D eigenvalue weighted by Gasteiger charge is -2.08. The van der Waals surface area contributed by atoms with E-state index in [0.29, 0.717) is 0 Å². The van der Waals surface area contributed by atoms with E-state index in [0.717, 1.165) is 24.3 Å². The quantitative estimate of drug-likeness (QED) is 0.810. The highest BCUT2D eigenvalue weighted by atomic mass is 15.3. The van der Waals surface area contributed by atoms with Gasteiger partial charge >= 0.3 is 0 Å². The summed E-state index contributed by atoms with van der Waals surface area (Å²) in [5.74, 6) is 2.63. The first kappa shape index (κ1) is 11.3. The standard InChI is InChI=1S/C14H15N3/c1-3-12-6-5-7-13(10-12)15-11-14-8-9-16-17(14)4-2/h1,5-10,15H,4,11H2,2H3. The van der Waals surface area contributed by atoms with E-state index in [1.807, 2.05) is 41.2 Å². The minimum absolute atomic E-state index is 0.752. The molecule has 0 radical (unpaired) electrons. The van der Waals surface area contributed by atoms with Gasteiger partial charge in [0.1, 0.15) is 0 Å². The zero-order chi connectivity index (χ0) is 12.1. The Hall–Kier alpha value is -2.21. The third kappa shape index (κ3) is 2.67. The van der Waals surface area contributed by atoms with Gasteiger partial charge in [0.25, 0.3) is 0 Å². The monoisotopic (exact) mass is 225 g/mol. The minimum atomic E-state index is 0.752. The maximum absolute atomic E-state index is 5.36. The van der Waals surface area contributed by atoms with E-state index in [1.54, 1.807) is 0 Å². The van der Waals surface area contributed by atoms with Gasteiger partial charge in [0, 0.05) is 24.0 Å². The van der Waals surface area contributed by atoms with Crippen LogP contribution in [0.15, 0.2) is 36.5 Å². The van der Waals surface area contributed by atoms with E-state index in [2.05, 4.69) is 23.3 Å². The van der Waals surface area contributed by atoms with Gasteiger partial charge in [-0.15, -0.1) is 6.42 Å². The van der Waals surface area contributed by atoms with Crippen LogP contribution in [-0.2, 0) is 13.1 Å². The van der Waals surface area contributed by atoms with Gasteiger partial charge in [0.2, 0.25) is 0 Å². The highest BCUT2D eigenvalue weighted by Crippen LogP contribution is 2.11. The summed E-state index contributed by atoms with van der Waals surface area (Å²) < 4.78 is 1.97. The first-order valence-corrected chi connectivity index (χ1v) is 5.64. The first-order chi connectivity index (χ1) is 8.33. The summed E-state index contributed by atoms with van der Waals surface area (Å²) in [6.45, 7) is 3.71. The van der Waals surface area contributed by atoms with Crippen LogP contribution in [0.5, 0.6) is 0 Å². The van der Waals surface area contributed by atoms with Crippen molar-refractivity contribution in [3.8, 4) is 12.3 Å². The van der Waals surface area contributed by atoms with E-state index >= 15 is 0 Å². The number of hydrogen-bond donors (Lipinski definition) is 1. The Bertz CT molecular complexity index is 534. The second kappa shape index (κ2) is 5.22. The van der Waals surface area contributed by atoms with Gasteiger partial charge in [-0.3, -0.25) is 4.68 Å². The molecule has 0 saturated heterocycles. The van der Waals surface area contributed by atoms with Crippen LogP contribution in [0.2, 0.25) is 0 Å². The van der Waals surface area contributed by atoms with Crippen LogP contribution in [0.1, 0.15) is 18.2 Å². The molecule has 0 aliphatic carbocycles. The summed E-state index contributed by atoms with van der Waals surface area (Å²) in [5, 5.41) is 7.57. The van der Waals surface area contributed by atoms with Crippen molar-refractivity contribution in [3.63, 3.8) is 0 Å². The third-order valence-corrected chi connectivity index (χ3v) is 2.61. The van der Waals surface area contributed by atoms with Gasteiger partial charge in [-0.25, -0.2) is 0 Å². The largest absolute Gasteiger partial charge is 0.379 e. The molecule has 86 valence electrons. The Balaban J connectivity index is 2.05. The summed E-state index contributed by atoms with van der Waals surface area (Å²) in [4.78, 5) is 0. The first-order valence-electron chi connectivity index (χ1n) is 5.64. The lowest BCUT2D eigenvalue weighted by Crippen LogP contribution is -2.07. The van der Waals surface area contributed by atoms with E-state index in [4.69, 9.17) is 6.42 Å². The number of anilines is 1. The Morgan fingerprint density at radius 2 is 2.29 bits per heavy atom. The molecule has 0 atom stereocenters. The third-order valence-electron chi connectivity index (χ3n) is 2.61. The normalized spacial score (nSPS) is 9.88. The smallest absolute Gasteiger partial charge is 0.0575 e. The fourth-order valence-electron chi connectivity index (χ4n) is 1.71. The molecular weight excluding hydrogens is 210 g/mol. The SMILES string of the molecule is C#Cc1cccc(NCc2ccnn2CC)c1. The molecule has 1 aromatic heterocycles. The minimum Gasteiger partial charge on any atom is -0.379 e. The van der Waals surface area contributed by atoms with E-state index in [-0.39, 0.29) is 0 Å². The molecule has 1 heterocycles. The van der Waals surface area contributed by atoms with Crippen molar-refractivity contribution < 1.29 is 0 Å². The molecule has 0 fully saturated rings. The molecule has 0 unspecified atom stereocenters. The Morgan fingerprint density at radius 1 is 1.41 bits per heavy atom. The zero-order valence-corrected chi connectivity index (χ0v) is 9.85. The Labute approximate surface area is 101 Å². The average molecular weight is 225 g/mol. The molecule has 2 rings (SSSR count). The number of nitrogens with one attached hydrogen (secondary N) is 1. The fourth-order valence-corrected chi connectivity index (χ4v) is 1.71. The summed E-state index contributed by atoms with van der Waals surface area (Å²) in [7, 11) is 0. The zero-order valence-electron chi connectivity index (χ0n) is 9.85. The maximum atomic E-state index is 5.36. The summed E-state index contributed by atoms with van der Waals surface area (Å²) in [6, 6.07) is 9.86. The molecule has 0 aliphatic heterocycles. The molecule has 3 nitrogen and oxygen atoms in total. The Morgan fingerprint density at radius 3 is 3.06 bits per heavy atom. The van der Waals surface area contributed by atoms with Crippen molar-refractivity contribution in [3.05, 3.63) is 47.8 Å². The van der Waals surface area contributed by atoms with Crippen LogP contribution < -0.4 is 5.32 Å². The topological polar surface area (TPSA) is 29.9 Å². The van der Waals surface area contributed by atoms with Crippen LogP contribution >= 0.6 is 0 Å². The van der Waals surface area contributed by atoms with Crippen molar-refractivity contribution in [2.24, 2.45) is 0 Å². The maximum Gasteiger partial charge on any atom is 0.0575 e. The van der Waals surface area contributed by atoms with Crippen LogP contribution in [-0.4, -0.2) is 9.78 Å². The second-order valence-electron chi connectivity index (χ2n) is 3.72.